The summed E-state index contributed by atoms with van der Waals surface area (Å²) >= 11 is 0. The Balaban J connectivity index is 3.26. The Morgan fingerprint density at radius 1 is 1.35 bits per heavy atom. The molecule has 1 N–H and O–H groups in total. The predicted octanol–water partition coefficient (Wildman–Crippen LogP) is 1.30. The summed E-state index contributed by atoms with van der Waals surface area (Å²) in [6, 6.07) is 6.75. The molecule has 0 heterocycles. The van der Waals surface area contributed by atoms with Gasteiger partial charge >= 0.3 is 0 Å². The maximum atomic E-state index is 11.9. The molecule has 5 heteroatoms. The van der Waals surface area contributed by atoms with Gasteiger partial charge in [-0.3, -0.25) is 0 Å². The summed E-state index contributed by atoms with van der Waals surface area (Å²) in [7, 11) is -1.46. The van der Waals surface area contributed by atoms with Crippen LogP contribution in [0.15, 0.2) is 29.2 Å². The van der Waals surface area contributed by atoms with Gasteiger partial charge in [-0.1, -0.05) is 19.1 Å². The molecule has 0 spiro atoms. The van der Waals surface area contributed by atoms with Gasteiger partial charge in [0.05, 0.1) is 22.9 Å². The molecule has 1 atom stereocenters. The number of nitrogens with zero attached hydrogens (tertiary/aromatic N) is 1. The molecular weight excluding hydrogens is 238 g/mol. The summed E-state index contributed by atoms with van der Waals surface area (Å²) in [5, 5.41) is 9.13. The van der Waals surface area contributed by atoms with E-state index in [2.05, 4.69) is 0 Å². The van der Waals surface area contributed by atoms with Gasteiger partial charge in [0.15, 0.2) is 9.84 Å². The van der Waals surface area contributed by atoms with Gasteiger partial charge in [0, 0.05) is 13.1 Å². The molecule has 0 aliphatic rings. The van der Waals surface area contributed by atoms with Crippen LogP contribution in [0.5, 0.6) is 0 Å². The van der Waals surface area contributed by atoms with E-state index in [1.807, 2.05) is 6.92 Å². The maximum absolute atomic E-state index is 11.9. The molecule has 0 radical (unpaired) electrons. The third-order valence-electron chi connectivity index (χ3n) is 2.89. The van der Waals surface area contributed by atoms with Crippen molar-refractivity contribution in [3.05, 3.63) is 24.3 Å². The van der Waals surface area contributed by atoms with E-state index in [0.717, 1.165) is 0 Å². The Morgan fingerprint density at radius 2 is 1.94 bits per heavy atom. The molecule has 0 amide bonds. The highest BCUT2D eigenvalue weighted by Crippen LogP contribution is 2.26. The Hall–Kier alpha value is -1.07. The smallest absolute Gasteiger partial charge is 0.180 e. The highest BCUT2D eigenvalue weighted by molar-refractivity contribution is 7.91. The largest absolute Gasteiger partial charge is 0.394 e. The molecule has 0 aromatic heterocycles. The minimum Gasteiger partial charge on any atom is -0.394 e. The zero-order chi connectivity index (χ0) is 13.1. The third-order valence-corrected chi connectivity index (χ3v) is 4.66. The van der Waals surface area contributed by atoms with Crippen LogP contribution in [0.1, 0.15) is 13.8 Å². The van der Waals surface area contributed by atoms with Crippen LogP contribution in [0.25, 0.3) is 0 Å². The highest BCUT2D eigenvalue weighted by Gasteiger charge is 2.20. The number of aliphatic hydroxyl groups excluding tert-OH is 1. The number of hydrogen-bond acceptors (Lipinski definition) is 4. The third kappa shape index (κ3) is 2.98. The van der Waals surface area contributed by atoms with E-state index in [1.165, 1.54) is 0 Å². The van der Waals surface area contributed by atoms with Gasteiger partial charge in [0.25, 0.3) is 0 Å². The Bertz CT molecular complexity index is 470. The van der Waals surface area contributed by atoms with Crippen molar-refractivity contribution in [2.75, 3.05) is 24.3 Å². The second kappa shape index (κ2) is 5.51. The van der Waals surface area contributed by atoms with Crippen LogP contribution >= 0.6 is 0 Å². The lowest BCUT2D eigenvalue weighted by atomic mass is 10.2. The summed E-state index contributed by atoms with van der Waals surface area (Å²) in [6.45, 7) is 3.45. The van der Waals surface area contributed by atoms with E-state index in [-0.39, 0.29) is 18.4 Å². The van der Waals surface area contributed by atoms with E-state index >= 15 is 0 Å². The van der Waals surface area contributed by atoms with Crippen LogP contribution in [0.4, 0.5) is 5.69 Å². The van der Waals surface area contributed by atoms with Gasteiger partial charge < -0.3 is 10.0 Å². The lowest BCUT2D eigenvalue weighted by Crippen LogP contribution is -2.32. The van der Waals surface area contributed by atoms with Crippen LogP contribution in [0.2, 0.25) is 0 Å². The van der Waals surface area contributed by atoms with Crippen molar-refractivity contribution in [3.63, 3.8) is 0 Å². The number of rotatable bonds is 5. The number of aliphatic hydroxyl groups is 1. The summed E-state index contributed by atoms with van der Waals surface area (Å²) < 4.78 is 23.9. The zero-order valence-electron chi connectivity index (χ0n) is 10.4. The minimum atomic E-state index is -3.24. The molecule has 0 aliphatic carbocycles. The van der Waals surface area contributed by atoms with Crippen LogP contribution in [-0.2, 0) is 9.84 Å². The van der Waals surface area contributed by atoms with Crippen molar-refractivity contribution >= 4 is 15.5 Å². The van der Waals surface area contributed by atoms with Crippen LogP contribution in [0.3, 0.4) is 0 Å². The molecule has 17 heavy (non-hydrogen) atoms. The van der Waals surface area contributed by atoms with Gasteiger partial charge in [-0.25, -0.2) is 8.42 Å². The van der Waals surface area contributed by atoms with Crippen molar-refractivity contribution in [1.29, 1.82) is 0 Å². The monoisotopic (exact) mass is 257 g/mol. The van der Waals surface area contributed by atoms with Gasteiger partial charge in [0.1, 0.15) is 0 Å². The molecular formula is C12H19NO3S. The zero-order valence-corrected chi connectivity index (χ0v) is 11.2. The molecule has 1 rings (SSSR count). The van der Waals surface area contributed by atoms with E-state index in [0.29, 0.717) is 10.6 Å². The maximum Gasteiger partial charge on any atom is 0.180 e. The molecule has 1 aromatic rings. The molecule has 0 fully saturated rings. The quantitative estimate of drug-likeness (QED) is 0.863. The van der Waals surface area contributed by atoms with Crippen LogP contribution in [-0.4, -0.2) is 39.0 Å². The van der Waals surface area contributed by atoms with E-state index in [4.69, 9.17) is 5.11 Å². The highest BCUT2D eigenvalue weighted by atomic mass is 32.2. The first-order valence-corrected chi connectivity index (χ1v) is 7.24. The molecule has 0 aliphatic heterocycles. The fourth-order valence-corrected chi connectivity index (χ4v) is 2.65. The Morgan fingerprint density at radius 3 is 2.47 bits per heavy atom. The van der Waals surface area contributed by atoms with Gasteiger partial charge in [-0.15, -0.1) is 0 Å². The lowest BCUT2D eigenvalue weighted by Gasteiger charge is -2.27. The fourth-order valence-electron chi connectivity index (χ4n) is 1.53. The fraction of sp³-hybridized carbons (Fsp3) is 0.500. The van der Waals surface area contributed by atoms with Crippen molar-refractivity contribution in [2.24, 2.45) is 0 Å². The number of likely N-dealkylation sites (N-methyl/N-ethyl adjacent to an activating group) is 1. The average Bonchev–Trinajstić information content (AvgIpc) is 2.36. The molecule has 1 unspecified atom stereocenters. The molecule has 96 valence electrons. The van der Waals surface area contributed by atoms with E-state index in [1.54, 1.807) is 43.1 Å². The normalized spacial score (nSPS) is 13.4. The topological polar surface area (TPSA) is 57.6 Å². The second-order valence-electron chi connectivity index (χ2n) is 4.01. The van der Waals surface area contributed by atoms with Crippen molar-refractivity contribution in [2.45, 2.75) is 24.8 Å². The van der Waals surface area contributed by atoms with Crippen molar-refractivity contribution in [3.8, 4) is 0 Å². The standard InChI is InChI=1S/C12H19NO3S/c1-4-17(15,16)12-8-6-5-7-11(12)13(3)10(2)9-14/h5-8,10,14H,4,9H2,1-3H3. The summed E-state index contributed by atoms with van der Waals surface area (Å²) in [6.07, 6.45) is 0. The van der Waals surface area contributed by atoms with Crippen molar-refractivity contribution < 1.29 is 13.5 Å². The number of para-hydroxylation sites is 1. The molecule has 1 aromatic carbocycles. The number of hydrogen-bond donors (Lipinski definition) is 1. The second-order valence-corrected chi connectivity index (χ2v) is 6.26. The van der Waals surface area contributed by atoms with Crippen LogP contribution in [0, 0.1) is 0 Å². The lowest BCUT2D eigenvalue weighted by molar-refractivity contribution is 0.270. The summed E-state index contributed by atoms with van der Waals surface area (Å²) in [5.74, 6) is 0.0748. The first-order valence-electron chi connectivity index (χ1n) is 5.59. The van der Waals surface area contributed by atoms with Gasteiger partial charge in [-0.2, -0.15) is 0 Å². The van der Waals surface area contributed by atoms with Crippen molar-refractivity contribution in [1.82, 2.24) is 0 Å². The van der Waals surface area contributed by atoms with Gasteiger partial charge in [-0.05, 0) is 19.1 Å². The number of sulfone groups is 1. The van der Waals surface area contributed by atoms with E-state index in [9.17, 15) is 8.42 Å². The van der Waals surface area contributed by atoms with E-state index < -0.39 is 9.84 Å². The first-order chi connectivity index (χ1) is 7.94. The molecule has 4 nitrogen and oxygen atoms in total. The minimum absolute atomic E-state index is 0.0169. The molecule has 0 saturated heterocycles. The Kier molecular flexibility index (Phi) is 4.54. The van der Waals surface area contributed by atoms with Gasteiger partial charge in [0.2, 0.25) is 0 Å². The Labute approximate surface area is 103 Å². The predicted molar refractivity (Wildman–Crippen MR) is 69.1 cm³/mol. The number of benzene rings is 1. The average molecular weight is 257 g/mol. The first kappa shape index (κ1) is 14.0. The summed E-state index contributed by atoms with van der Waals surface area (Å²) in [4.78, 5) is 2.10. The van der Waals surface area contributed by atoms with Crippen LogP contribution < -0.4 is 4.90 Å². The molecule has 0 saturated carbocycles. The molecule has 0 bridgehead atoms. The summed E-state index contributed by atoms with van der Waals surface area (Å²) in [5.41, 5.74) is 0.635. The number of anilines is 1. The SMILES string of the molecule is CCS(=O)(=O)c1ccccc1N(C)C(C)CO.